The van der Waals surface area contributed by atoms with E-state index in [1.807, 2.05) is 0 Å². The molecule has 0 bridgehead atoms. The number of imidazole rings is 1. The first-order chi connectivity index (χ1) is 9.45. The van der Waals surface area contributed by atoms with Crippen LogP contribution in [-0.2, 0) is 16.6 Å². The van der Waals surface area contributed by atoms with Crippen molar-refractivity contribution < 1.29 is 12.8 Å². The smallest absolute Gasteiger partial charge is 0.241 e. The highest BCUT2D eigenvalue weighted by atomic mass is 32.2. The van der Waals surface area contributed by atoms with Crippen molar-refractivity contribution in [2.24, 2.45) is 5.73 Å². The molecule has 4 N–H and O–H groups in total. The van der Waals surface area contributed by atoms with Crippen molar-refractivity contribution in [1.29, 1.82) is 0 Å². The second-order valence-corrected chi connectivity index (χ2v) is 5.92. The Morgan fingerprint density at radius 2 is 2.25 bits per heavy atom. The summed E-state index contributed by atoms with van der Waals surface area (Å²) in [5, 5.41) is 0. The van der Waals surface area contributed by atoms with Crippen LogP contribution in [0.25, 0.3) is 0 Å². The number of nitrogens with two attached hydrogens (primary N) is 1. The summed E-state index contributed by atoms with van der Waals surface area (Å²) in [5.41, 5.74) is 5.39. The summed E-state index contributed by atoms with van der Waals surface area (Å²) in [4.78, 5) is 6.63. The third-order valence-electron chi connectivity index (χ3n) is 2.83. The van der Waals surface area contributed by atoms with Crippen LogP contribution in [-0.4, -0.2) is 18.4 Å². The number of nitrogens with one attached hydrogen (secondary N) is 2. The monoisotopic (exact) mass is 298 g/mol. The summed E-state index contributed by atoms with van der Waals surface area (Å²) in [6.07, 6.45) is 3.11. The summed E-state index contributed by atoms with van der Waals surface area (Å²) in [6, 6.07) is 3.27. The fourth-order valence-electron chi connectivity index (χ4n) is 1.86. The number of H-pyrrole nitrogens is 1. The van der Waals surface area contributed by atoms with Crippen molar-refractivity contribution in [3.8, 4) is 0 Å². The van der Waals surface area contributed by atoms with E-state index in [4.69, 9.17) is 5.73 Å². The van der Waals surface area contributed by atoms with Crippen LogP contribution < -0.4 is 10.5 Å². The highest BCUT2D eigenvalue weighted by molar-refractivity contribution is 7.89. The Bertz CT molecular complexity index is 685. The van der Waals surface area contributed by atoms with E-state index in [1.54, 1.807) is 13.1 Å². The average molecular weight is 298 g/mol. The van der Waals surface area contributed by atoms with E-state index in [0.717, 1.165) is 0 Å². The highest BCUT2D eigenvalue weighted by Gasteiger charge is 2.23. The van der Waals surface area contributed by atoms with E-state index < -0.39 is 21.9 Å². The standard InChI is InChI=1S/C12H15FN4O2S/c1-8(12-15-5-6-16-12)17-20(18,19)11-4-2-3-10(13)9(11)7-14/h2-6,8,17H,7,14H2,1H3,(H,15,16). The number of aromatic nitrogens is 2. The van der Waals surface area contributed by atoms with Gasteiger partial charge >= 0.3 is 0 Å². The Labute approximate surface area is 116 Å². The fraction of sp³-hybridized carbons (Fsp3) is 0.250. The number of hydrogen-bond acceptors (Lipinski definition) is 4. The van der Waals surface area contributed by atoms with Gasteiger partial charge in [-0.05, 0) is 19.1 Å². The predicted octanol–water partition coefficient (Wildman–Crippen LogP) is 1.05. The first-order valence-electron chi connectivity index (χ1n) is 5.94. The SMILES string of the molecule is CC(NS(=O)(=O)c1cccc(F)c1CN)c1ncc[nH]1. The third kappa shape index (κ3) is 2.87. The zero-order valence-electron chi connectivity index (χ0n) is 10.8. The molecule has 0 saturated heterocycles. The summed E-state index contributed by atoms with van der Waals surface area (Å²) in [5.74, 6) is -0.166. The molecule has 2 rings (SSSR count). The zero-order valence-corrected chi connectivity index (χ0v) is 11.6. The maximum atomic E-state index is 13.6. The minimum Gasteiger partial charge on any atom is -0.347 e. The zero-order chi connectivity index (χ0) is 14.8. The lowest BCUT2D eigenvalue weighted by molar-refractivity contribution is 0.554. The van der Waals surface area contributed by atoms with Crippen molar-refractivity contribution in [1.82, 2.24) is 14.7 Å². The minimum absolute atomic E-state index is 0.0355. The Hall–Kier alpha value is -1.77. The summed E-state index contributed by atoms with van der Waals surface area (Å²) >= 11 is 0. The molecule has 1 aromatic heterocycles. The fourth-order valence-corrected chi connectivity index (χ4v) is 3.32. The van der Waals surface area contributed by atoms with Crippen molar-refractivity contribution in [2.75, 3.05) is 0 Å². The molecule has 0 aliphatic rings. The molecule has 0 amide bonds. The molecule has 6 nitrogen and oxygen atoms in total. The first kappa shape index (κ1) is 14.6. The molecule has 8 heteroatoms. The summed E-state index contributed by atoms with van der Waals surface area (Å²) in [7, 11) is -3.88. The Kier molecular flexibility index (Phi) is 4.17. The number of nitrogens with zero attached hydrogens (tertiary/aromatic N) is 1. The van der Waals surface area contributed by atoms with Gasteiger partial charge in [-0.15, -0.1) is 0 Å². The molecule has 1 atom stereocenters. The van der Waals surface area contributed by atoms with E-state index in [0.29, 0.717) is 5.82 Å². The van der Waals surface area contributed by atoms with Gasteiger partial charge in [-0.2, -0.15) is 0 Å². The van der Waals surface area contributed by atoms with E-state index in [-0.39, 0.29) is 17.0 Å². The van der Waals surface area contributed by atoms with Gasteiger partial charge in [0.15, 0.2) is 0 Å². The molecule has 1 aromatic carbocycles. The molecule has 0 radical (unpaired) electrons. The Morgan fingerprint density at radius 1 is 1.50 bits per heavy atom. The van der Waals surface area contributed by atoms with Crippen LogP contribution >= 0.6 is 0 Å². The van der Waals surface area contributed by atoms with Gasteiger partial charge in [-0.3, -0.25) is 0 Å². The molecule has 1 unspecified atom stereocenters. The van der Waals surface area contributed by atoms with E-state index in [1.165, 1.54) is 24.4 Å². The van der Waals surface area contributed by atoms with Crippen LogP contribution in [0.2, 0.25) is 0 Å². The van der Waals surface area contributed by atoms with Crippen molar-refractivity contribution in [2.45, 2.75) is 24.4 Å². The molecule has 0 aliphatic carbocycles. The van der Waals surface area contributed by atoms with Crippen LogP contribution in [0.4, 0.5) is 4.39 Å². The highest BCUT2D eigenvalue weighted by Crippen LogP contribution is 2.20. The maximum absolute atomic E-state index is 13.6. The van der Waals surface area contributed by atoms with Crippen molar-refractivity contribution >= 4 is 10.0 Å². The molecule has 0 aliphatic heterocycles. The number of aromatic amines is 1. The molecule has 0 saturated carbocycles. The molecule has 0 spiro atoms. The molecular weight excluding hydrogens is 283 g/mol. The lowest BCUT2D eigenvalue weighted by Gasteiger charge is -2.14. The van der Waals surface area contributed by atoms with Crippen LogP contribution in [0.1, 0.15) is 24.4 Å². The number of halogens is 1. The molecular formula is C12H15FN4O2S. The maximum Gasteiger partial charge on any atom is 0.241 e. The normalized spacial score (nSPS) is 13.3. The summed E-state index contributed by atoms with van der Waals surface area (Å²) in [6.45, 7) is 1.44. The van der Waals surface area contributed by atoms with Gasteiger partial charge in [0.05, 0.1) is 10.9 Å². The number of benzene rings is 1. The van der Waals surface area contributed by atoms with Crippen LogP contribution in [0.15, 0.2) is 35.5 Å². The molecule has 108 valence electrons. The minimum atomic E-state index is -3.88. The topological polar surface area (TPSA) is 101 Å². The predicted molar refractivity (Wildman–Crippen MR) is 71.6 cm³/mol. The Morgan fingerprint density at radius 3 is 2.85 bits per heavy atom. The molecule has 2 aromatic rings. The van der Waals surface area contributed by atoms with Crippen LogP contribution in [0, 0.1) is 5.82 Å². The van der Waals surface area contributed by atoms with Crippen LogP contribution in [0.5, 0.6) is 0 Å². The molecule has 1 heterocycles. The third-order valence-corrected chi connectivity index (χ3v) is 4.46. The number of sulfonamides is 1. The van der Waals surface area contributed by atoms with Crippen molar-refractivity contribution in [3.63, 3.8) is 0 Å². The average Bonchev–Trinajstić information content (AvgIpc) is 2.91. The largest absolute Gasteiger partial charge is 0.347 e. The van der Waals surface area contributed by atoms with Gasteiger partial charge in [-0.25, -0.2) is 22.5 Å². The lowest BCUT2D eigenvalue weighted by atomic mass is 10.2. The quantitative estimate of drug-likeness (QED) is 0.768. The summed E-state index contributed by atoms with van der Waals surface area (Å²) < 4.78 is 40.6. The first-order valence-corrected chi connectivity index (χ1v) is 7.43. The lowest BCUT2D eigenvalue weighted by Crippen LogP contribution is -2.29. The van der Waals surface area contributed by atoms with Gasteiger partial charge < -0.3 is 10.7 Å². The van der Waals surface area contributed by atoms with Gasteiger partial charge in [-0.1, -0.05) is 6.07 Å². The van der Waals surface area contributed by atoms with E-state index >= 15 is 0 Å². The van der Waals surface area contributed by atoms with Crippen LogP contribution in [0.3, 0.4) is 0 Å². The molecule has 20 heavy (non-hydrogen) atoms. The second-order valence-electron chi connectivity index (χ2n) is 4.24. The Balaban J connectivity index is 2.34. The van der Waals surface area contributed by atoms with Gasteiger partial charge in [0.1, 0.15) is 11.6 Å². The van der Waals surface area contributed by atoms with Gasteiger partial charge in [0.2, 0.25) is 10.0 Å². The van der Waals surface area contributed by atoms with E-state index in [2.05, 4.69) is 14.7 Å². The van der Waals surface area contributed by atoms with E-state index in [9.17, 15) is 12.8 Å². The number of rotatable bonds is 5. The molecule has 0 fully saturated rings. The van der Waals surface area contributed by atoms with Gasteiger partial charge in [0.25, 0.3) is 0 Å². The van der Waals surface area contributed by atoms with Gasteiger partial charge in [0, 0.05) is 24.5 Å². The van der Waals surface area contributed by atoms with Crippen molar-refractivity contribution in [3.05, 3.63) is 47.8 Å². The number of hydrogen-bond donors (Lipinski definition) is 3. The second kappa shape index (κ2) is 5.70.